The summed E-state index contributed by atoms with van der Waals surface area (Å²) in [5.74, 6) is -22.6. The topological polar surface area (TPSA) is 60.4 Å². The van der Waals surface area contributed by atoms with Crippen molar-refractivity contribution in [3.8, 4) is 0 Å². The molecule has 2 atom stereocenters. The molecule has 0 saturated heterocycles. The third-order valence-electron chi connectivity index (χ3n) is 2.05. The van der Waals surface area contributed by atoms with Crippen molar-refractivity contribution < 1.29 is 97.2 Å². The molecule has 0 spiro atoms. The summed E-state index contributed by atoms with van der Waals surface area (Å²) in [7, 11) is 0. The Morgan fingerprint density at radius 1 is 0.880 bits per heavy atom. The van der Waals surface area contributed by atoms with Gasteiger partial charge in [0, 0.05) is 6.92 Å². The van der Waals surface area contributed by atoms with Crippen LogP contribution in [0, 0.1) is 0 Å². The van der Waals surface area contributed by atoms with Crippen LogP contribution in [0.1, 0.15) is 6.92 Å². The second-order valence-corrected chi connectivity index (χ2v) is 3.99. The van der Waals surface area contributed by atoms with Crippen LogP contribution in [-0.2, 0) is 4.79 Å². The van der Waals surface area contributed by atoms with Gasteiger partial charge in [-0.15, -0.1) is 0 Å². The molecule has 0 saturated carbocycles. The molecule has 0 amide bonds. The maximum absolute atomic E-state index is 12.6. The molecular formula is C9H7F12NaO3. The molecular weight excluding hydrogens is 407 g/mol. The molecule has 146 valence electrons. The molecule has 0 aliphatic carbocycles. The van der Waals surface area contributed by atoms with Gasteiger partial charge in [-0.25, -0.2) is 26.3 Å². The molecule has 2 unspecified atom stereocenters. The Bertz CT molecular complexity index is 421. The molecule has 0 aromatic carbocycles. The van der Waals surface area contributed by atoms with E-state index in [-0.39, 0.29) is 29.6 Å². The van der Waals surface area contributed by atoms with E-state index in [1.165, 1.54) is 0 Å². The van der Waals surface area contributed by atoms with Gasteiger partial charge in [-0.1, -0.05) is 0 Å². The van der Waals surface area contributed by atoms with E-state index in [0.29, 0.717) is 0 Å². The number of aliphatic carboxylic acids is 1. The second kappa shape index (κ2) is 9.50. The predicted octanol–water partition coefficient (Wildman–Crippen LogP) is -0.118. The molecule has 25 heavy (non-hydrogen) atoms. The smallest absolute Gasteiger partial charge is 0.793 e. The zero-order valence-electron chi connectivity index (χ0n) is 12.0. The molecule has 0 aliphatic rings. The minimum absolute atomic E-state index is 0. The molecule has 0 fully saturated rings. The molecule has 0 heterocycles. The number of alkyl halides is 12. The third kappa shape index (κ3) is 6.67. The van der Waals surface area contributed by atoms with Crippen LogP contribution >= 0.6 is 0 Å². The van der Waals surface area contributed by atoms with Crippen molar-refractivity contribution in [1.82, 2.24) is 0 Å². The Morgan fingerprint density at radius 3 is 1.36 bits per heavy atom. The van der Waals surface area contributed by atoms with Crippen molar-refractivity contribution in [3.05, 3.63) is 0 Å². The summed E-state index contributed by atoms with van der Waals surface area (Å²) in [6.07, 6.45) is -21.5. The Morgan fingerprint density at radius 2 is 1.16 bits per heavy atom. The quantitative estimate of drug-likeness (QED) is 0.488. The molecule has 0 aromatic rings. The average molecular weight is 414 g/mol. The second-order valence-electron chi connectivity index (χ2n) is 3.99. The minimum atomic E-state index is -7.41. The maximum Gasteiger partial charge on any atom is 1.00 e. The van der Waals surface area contributed by atoms with Crippen LogP contribution in [0.4, 0.5) is 52.7 Å². The number of carbonyl (C=O) groups is 1. The summed E-state index contributed by atoms with van der Waals surface area (Å²) in [4.78, 5) is 9.00. The fraction of sp³-hybridized carbons (Fsp3) is 0.889. The van der Waals surface area contributed by atoms with E-state index in [1.807, 2.05) is 0 Å². The Labute approximate surface area is 153 Å². The van der Waals surface area contributed by atoms with Gasteiger partial charge in [0.15, 0.2) is 6.17 Å². The number of carboxylic acid groups (broad SMARTS) is 1. The Hall–Kier alpha value is -0.410. The predicted molar refractivity (Wildman–Crippen MR) is 48.9 cm³/mol. The summed E-state index contributed by atoms with van der Waals surface area (Å²) in [5.41, 5.74) is 0. The van der Waals surface area contributed by atoms with Crippen LogP contribution in [-0.4, -0.2) is 53.7 Å². The van der Waals surface area contributed by atoms with E-state index in [1.54, 1.807) is 0 Å². The molecule has 0 bridgehead atoms. The third-order valence-corrected chi connectivity index (χ3v) is 2.05. The summed E-state index contributed by atoms with van der Waals surface area (Å²) < 4.78 is 146. The first-order valence-electron chi connectivity index (χ1n) is 5.22. The zero-order valence-corrected chi connectivity index (χ0v) is 14.0. The van der Waals surface area contributed by atoms with E-state index in [4.69, 9.17) is 9.90 Å². The van der Waals surface area contributed by atoms with Gasteiger partial charge >= 0.3 is 47.3 Å². The van der Waals surface area contributed by atoms with E-state index in [2.05, 4.69) is 0 Å². The van der Waals surface area contributed by atoms with Crippen LogP contribution in [0.3, 0.4) is 0 Å². The van der Waals surface area contributed by atoms with Crippen LogP contribution in [0.2, 0.25) is 0 Å². The van der Waals surface area contributed by atoms with Crippen molar-refractivity contribution in [2.75, 3.05) is 0 Å². The van der Waals surface area contributed by atoms with E-state index in [0.717, 1.165) is 6.92 Å². The fourth-order valence-corrected chi connectivity index (χ4v) is 0.893. The molecule has 0 rings (SSSR count). The van der Waals surface area contributed by atoms with Gasteiger partial charge in [0.1, 0.15) is 0 Å². The molecule has 3 nitrogen and oxygen atoms in total. The summed E-state index contributed by atoms with van der Waals surface area (Å²) in [5, 5.41) is 16.9. The monoisotopic (exact) mass is 414 g/mol. The number of rotatable bonds is 6. The Kier molecular flexibility index (Phi) is 11.2. The summed E-state index contributed by atoms with van der Waals surface area (Å²) in [6, 6.07) is 0. The molecule has 1 N–H and O–H groups in total. The maximum atomic E-state index is 12.6. The van der Waals surface area contributed by atoms with E-state index >= 15 is 0 Å². The van der Waals surface area contributed by atoms with Gasteiger partial charge in [0.05, 0.1) is 0 Å². The largest absolute Gasteiger partial charge is 1.00 e. The first-order chi connectivity index (χ1) is 10.2. The van der Waals surface area contributed by atoms with Gasteiger partial charge in [-0.2, -0.15) is 26.3 Å². The van der Waals surface area contributed by atoms with Crippen LogP contribution in [0.15, 0.2) is 0 Å². The average Bonchev–Trinajstić information content (AvgIpc) is 2.34. The molecule has 0 radical (unpaired) electrons. The number of halogens is 12. The number of hydrogen-bond acceptors (Lipinski definition) is 2. The number of carboxylic acids is 1. The van der Waals surface area contributed by atoms with Crippen molar-refractivity contribution >= 4 is 5.97 Å². The zero-order chi connectivity index (χ0) is 20.3. The van der Waals surface area contributed by atoms with Gasteiger partial charge in [-0.3, -0.25) is 4.79 Å². The van der Waals surface area contributed by atoms with Crippen molar-refractivity contribution in [1.29, 1.82) is 0 Å². The van der Waals surface area contributed by atoms with E-state index < -0.39 is 48.6 Å². The summed E-state index contributed by atoms with van der Waals surface area (Å²) in [6.45, 7) is 1.08. The van der Waals surface area contributed by atoms with Gasteiger partial charge in [0.25, 0.3) is 18.5 Å². The fourth-order valence-electron chi connectivity index (χ4n) is 0.893. The van der Waals surface area contributed by atoms with Crippen molar-refractivity contribution in [3.63, 3.8) is 0 Å². The van der Waals surface area contributed by atoms with E-state index in [9.17, 15) is 57.8 Å². The standard InChI is InChI=1S/C7H3F12O.C2H4O2.Na/c8-1(3(10)11)2(9)4(12,13)5(14,15)6(16,17)7(18,19)20;1-2(3)4;/h1-3H;1H3,(H,3,4);/q-1;;+1. The Balaban J connectivity index is -0.000000867. The van der Waals surface area contributed by atoms with Crippen LogP contribution < -0.4 is 34.7 Å². The molecule has 0 aliphatic heterocycles. The van der Waals surface area contributed by atoms with Crippen molar-refractivity contribution in [2.45, 2.75) is 49.6 Å². The van der Waals surface area contributed by atoms with Gasteiger partial charge < -0.3 is 10.2 Å². The van der Waals surface area contributed by atoms with Crippen molar-refractivity contribution in [2.24, 2.45) is 0 Å². The first kappa shape index (κ1) is 29.4. The van der Waals surface area contributed by atoms with Crippen LogP contribution in [0.5, 0.6) is 0 Å². The van der Waals surface area contributed by atoms with Gasteiger partial charge in [0.2, 0.25) is 6.17 Å². The van der Waals surface area contributed by atoms with Crippen LogP contribution in [0.25, 0.3) is 0 Å². The normalized spacial score (nSPS) is 15.6. The summed E-state index contributed by atoms with van der Waals surface area (Å²) >= 11 is 0. The number of hydrogen-bond donors (Lipinski definition) is 1. The minimum Gasteiger partial charge on any atom is -0.793 e. The van der Waals surface area contributed by atoms with Gasteiger partial charge in [-0.05, 0) is 0 Å². The molecule has 0 aromatic heterocycles. The SMILES string of the molecule is CC(=O)O.[Na+].[O-]C(F)(F)C(F)(F)C(F)(F)C(F)(F)C(F)C(F)C(F)F. The first-order valence-corrected chi connectivity index (χ1v) is 5.22. The molecule has 16 heteroatoms.